The molecule has 0 spiro atoms. The Hall–Kier alpha value is -3.41. The van der Waals surface area contributed by atoms with E-state index in [0.717, 1.165) is 16.3 Å². The minimum absolute atomic E-state index is 0.212. The van der Waals surface area contributed by atoms with E-state index in [1.807, 2.05) is 48.5 Å². The van der Waals surface area contributed by atoms with Crippen molar-refractivity contribution in [3.05, 3.63) is 65.9 Å². The normalized spacial score (nSPS) is 15.7. The van der Waals surface area contributed by atoms with Crippen LogP contribution in [-0.2, 0) is 11.2 Å². The SMILES string of the molecule is COc1nc(C(=O)N2c3ccccc3C[C@H]2C(N)=O)cc2ccccc12. The van der Waals surface area contributed by atoms with Crippen LogP contribution in [0.1, 0.15) is 16.1 Å². The van der Waals surface area contributed by atoms with Crippen LogP contribution in [-0.4, -0.2) is 29.9 Å². The van der Waals surface area contributed by atoms with E-state index in [4.69, 9.17) is 10.5 Å². The van der Waals surface area contributed by atoms with Gasteiger partial charge in [-0.25, -0.2) is 4.98 Å². The molecular formula is C20H17N3O3. The van der Waals surface area contributed by atoms with Crippen molar-refractivity contribution < 1.29 is 14.3 Å². The van der Waals surface area contributed by atoms with Gasteiger partial charge in [0.25, 0.3) is 5.91 Å². The Morgan fingerprint density at radius 3 is 2.65 bits per heavy atom. The Bertz CT molecular complexity index is 1030. The first-order chi connectivity index (χ1) is 12.6. The van der Waals surface area contributed by atoms with Gasteiger partial charge in [-0.1, -0.05) is 36.4 Å². The van der Waals surface area contributed by atoms with Crippen LogP contribution in [0.5, 0.6) is 5.88 Å². The van der Waals surface area contributed by atoms with Crippen molar-refractivity contribution in [1.82, 2.24) is 4.98 Å². The van der Waals surface area contributed by atoms with Gasteiger partial charge in [0, 0.05) is 17.5 Å². The molecular weight excluding hydrogens is 330 g/mol. The summed E-state index contributed by atoms with van der Waals surface area (Å²) in [7, 11) is 1.51. The molecule has 0 fully saturated rings. The molecule has 6 heteroatoms. The topological polar surface area (TPSA) is 85.5 Å². The number of pyridine rings is 1. The maximum Gasteiger partial charge on any atom is 0.277 e. The molecule has 2 aromatic carbocycles. The van der Waals surface area contributed by atoms with Gasteiger partial charge in [-0.3, -0.25) is 14.5 Å². The van der Waals surface area contributed by atoms with Crippen molar-refractivity contribution in [3.8, 4) is 5.88 Å². The van der Waals surface area contributed by atoms with Crippen LogP contribution >= 0.6 is 0 Å². The summed E-state index contributed by atoms with van der Waals surface area (Å²) in [6.45, 7) is 0. The van der Waals surface area contributed by atoms with Crippen LogP contribution in [0.2, 0.25) is 0 Å². The molecule has 2 heterocycles. The molecule has 0 radical (unpaired) electrons. The second kappa shape index (κ2) is 6.15. The maximum absolute atomic E-state index is 13.2. The van der Waals surface area contributed by atoms with E-state index in [1.54, 1.807) is 6.07 Å². The number of carbonyl (C=O) groups excluding carboxylic acids is 2. The number of rotatable bonds is 3. The number of anilines is 1. The van der Waals surface area contributed by atoms with Gasteiger partial charge in [-0.05, 0) is 29.1 Å². The molecule has 1 aromatic heterocycles. The molecule has 130 valence electrons. The molecule has 2 amide bonds. The highest BCUT2D eigenvalue weighted by Crippen LogP contribution is 2.34. The fourth-order valence-corrected chi connectivity index (χ4v) is 3.42. The smallest absolute Gasteiger partial charge is 0.277 e. The van der Waals surface area contributed by atoms with E-state index >= 15 is 0 Å². The molecule has 0 saturated heterocycles. The van der Waals surface area contributed by atoms with Gasteiger partial charge in [-0.15, -0.1) is 0 Å². The van der Waals surface area contributed by atoms with E-state index in [-0.39, 0.29) is 11.6 Å². The summed E-state index contributed by atoms with van der Waals surface area (Å²) in [5.74, 6) is -0.542. The average molecular weight is 347 g/mol. The summed E-state index contributed by atoms with van der Waals surface area (Å²) in [5, 5.41) is 1.66. The number of carbonyl (C=O) groups is 2. The maximum atomic E-state index is 13.2. The molecule has 0 unspecified atom stereocenters. The lowest BCUT2D eigenvalue weighted by atomic mass is 10.1. The third-order valence-electron chi connectivity index (χ3n) is 4.64. The lowest BCUT2D eigenvalue weighted by molar-refractivity contribution is -0.119. The Morgan fingerprint density at radius 1 is 1.15 bits per heavy atom. The van der Waals surface area contributed by atoms with Gasteiger partial charge in [0.1, 0.15) is 11.7 Å². The zero-order chi connectivity index (χ0) is 18.3. The number of ether oxygens (including phenoxy) is 1. The van der Waals surface area contributed by atoms with E-state index in [0.29, 0.717) is 18.0 Å². The Balaban J connectivity index is 1.84. The Kier molecular flexibility index (Phi) is 3.80. The van der Waals surface area contributed by atoms with Gasteiger partial charge in [0.2, 0.25) is 11.8 Å². The van der Waals surface area contributed by atoms with Crippen LogP contribution in [0.3, 0.4) is 0 Å². The third-order valence-corrected chi connectivity index (χ3v) is 4.64. The van der Waals surface area contributed by atoms with E-state index in [1.165, 1.54) is 12.0 Å². The number of benzene rings is 2. The predicted molar refractivity (Wildman–Crippen MR) is 98.2 cm³/mol. The number of aromatic nitrogens is 1. The molecule has 0 bridgehead atoms. The zero-order valence-electron chi connectivity index (χ0n) is 14.2. The first kappa shape index (κ1) is 16.1. The molecule has 4 rings (SSSR count). The lowest BCUT2D eigenvalue weighted by Crippen LogP contribution is -2.46. The number of fused-ring (bicyclic) bond motifs is 2. The summed E-state index contributed by atoms with van der Waals surface area (Å²) in [4.78, 5) is 31.0. The summed E-state index contributed by atoms with van der Waals surface area (Å²) in [5.41, 5.74) is 7.37. The summed E-state index contributed by atoms with van der Waals surface area (Å²) in [6.07, 6.45) is 0.405. The number of primary amides is 1. The quantitative estimate of drug-likeness (QED) is 0.788. The lowest BCUT2D eigenvalue weighted by Gasteiger charge is -2.23. The molecule has 3 aromatic rings. The first-order valence-corrected chi connectivity index (χ1v) is 8.24. The number of amides is 2. The van der Waals surface area contributed by atoms with E-state index < -0.39 is 11.9 Å². The van der Waals surface area contributed by atoms with Gasteiger partial charge in [0.05, 0.1) is 7.11 Å². The van der Waals surface area contributed by atoms with Crippen LogP contribution < -0.4 is 15.4 Å². The van der Waals surface area contributed by atoms with E-state index in [2.05, 4.69) is 4.98 Å². The molecule has 0 saturated carbocycles. The monoisotopic (exact) mass is 347 g/mol. The number of nitrogens with zero attached hydrogens (tertiary/aromatic N) is 2. The van der Waals surface area contributed by atoms with Crippen molar-refractivity contribution in [2.75, 3.05) is 12.0 Å². The first-order valence-electron chi connectivity index (χ1n) is 8.24. The predicted octanol–water partition coefficient (Wildman–Crippen LogP) is 2.30. The molecule has 1 aliphatic heterocycles. The van der Waals surface area contributed by atoms with Crippen molar-refractivity contribution >= 4 is 28.3 Å². The summed E-state index contributed by atoms with van der Waals surface area (Å²) in [6, 6.07) is 15.9. The fourth-order valence-electron chi connectivity index (χ4n) is 3.42. The fraction of sp³-hybridized carbons (Fsp3) is 0.150. The van der Waals surface area contributed by atoms with E-state index in [9.17, 15) is 9.59 Å². The van der Waals surface area contributed by atoms with Gasteiger partial charge in [-0.2, -0.15) is 0 Å². The molecule has 26 heavy (non-hydrogen) atoms. The number of nitrogens with two attached hydrogens (primary N) is 1. The summed E-state index contributed by atoms with van der Waals surface area (Å²) < 4.78 is 5.35. The number of para-hydroxylation sites is 1. The second-order valence-electron chi connectivity index (χ2n) is 6.16. The number of hydrogen-bond acceptors (Lipinski definition) is 4. The average Bonchev–Trinajstić information content (AvgIpc) is 3.06. The molecule has 1 aliphatic rings. The Labute approximate surface area is 150 Å². The standard InChI is InChI=1S/C20H17N3O3/c1-26-19-14-8-4-2-6-12(14)10-15(22-19)20(25)23-16-9-5-3-7-13(16)11-17(23)18(21)24/h2-10,17H,11H2,1H3,(H2,21,24)/t17-/m0/s1. The molecule has 1 atom stereocenters. The van der Waals surface area contributed by atoms with Crippen molar-refractivity contribution in [2.45, 2.75) is 12.5 Å². The van der Waals surface area contributed by atoms with Gasteiger partial charge < -0.3 is 10.5 Å². The van der Waals surface area contributed by atoms with Crippen molar-refractivity contribution in [2.24, 2.45) is 5.73 Å². The summed E-state index contributed by atoms with van der Waals surface area (Å²) >= 11 is 0. The largest absolute Gasteiger partial charge is 0.481 e. The van der Waals surface area contributed by atoms with Crippen LogP contribution in [0, 0.1) is 0 Å². The minimum atomic E-state index is -0.723. The van der Waals surface area contributed by atoms with Gasteiger partial charge in [0.15, 0.2) is 0 Å². The number of methoxy groups -OCH3 is 1. The molecule has 2 N–H and O–H groups in total. The van der Waals surface area contributed by atoms with Crippen molar-refractivity contribution in [3.63, 3.8) is 0 Å². The van der Waals surface area contributed by atoms with Crippen LogP contribution in [0.15, 0.2) is 54.6 Å². The minimum Gasteiger partial charge on any atom is -0.481 e. The third kappa shape index (κ3) is 2.47. The second-order valence-corrected chi connectivity index (χ2v) is 6.16. The van der Waals surface area contributed by atoms with Crippen LogP contribution in [0.4, 0.5) is 5.69 Å². The Morgan fingerprint density at radius 2 is 1.88 bits per heavy atom. The van der Waals surface area contributed by atoms with Crippen LogP contribution in [0.25, 0.3) is 10.8 Å². The molecule has 0 aliphatic carbocycles. The highest BCUT2D eigenvalue weighted by molar-refractivity contribution is 6.11. The van der Waals surface area contributed by atoms with Crippen molar-refractivity contribution in [1.29, 1.82) is 0 Å². The van der Waals surface area contributed by atoms with Gasteiger partial charge >= 0.3 is 0 Å². The molecule has 6 nitrogen and oxygen atoms in total. The number of hydrogen-bond donors (Lipinski definition) is 1. The highest BCUT2D eigenvalue weighted by Gasteiger charge is 2.38. The zero-order valence-corrected chi connectivity index (χ0v) is 14.2. The highest BCUT2D eigenvalue weighted by atomic mass is 16.5.